The van der Waals surface area contributed by atoms with Crippen LogP contribution in [0.1, 0.15) is 23.7 Å². The molecule has 7 heteroatoms. The molecular formula is C24H21N3O2S2. The molecule has 156 valence electrons. The lowest BCUT2D eigenvalue weighted by Crippen LogP contribution is -2.32. The van der Waals surface area contributed by atoms with Gasteiger partial charge in [0.25, 0.3) is 5.56 Å². The van der Waals surface area contributed by atoms with E-state index in [2.05, 4.69) is 0 Å². The van der Waals surface area contributed by atoms with E-state index in [0.717, 1.165) is 37.2 Å². The van der Waals surface area contributed by atoms with Crippen molar-refractivity contribution in [2.24, 2.45) is 0 Å². The van der Waals surface area contributed by atoms with Gasteiger partial charge in [-0.1, -0.05) is 60.3 Å². The number of thiophene rings is 1. The summed E-state index contributed by atoms with van der Waals surface area (Å²) in [5, 5.41) is 2.55. The molecule has 0 bridgehead atoms. The van der Waals surface area contributed by atoms with Crippen LogP contribution in [0.15, 0.2) is 82.1 Å². The van der Waals surface area contributed by atoms with Gasteiger partial charge in [0.05, 0.1) is 11.1 Å². The van der Waals surface area contributed by atoms with Crippen molar-refractivity contribution in [1.82, 2.24) is 14.5 Å². The van der Waals surface area contributed by atoms with E-state index in [-0.39, 0.29) is 11.5 Å². The number of fused-ring (bicyclic) bond motifs is 1. The minimum absolute atomic E-state index is 0.0776. The molecule has 1 atom stereocenters. The molecule has 0 N–H and O–H groups in total. The van der Waals surface area contributed by atoms with Gasteiger partial charge in [-0.15, -0.1) is 11.3 Å². The number of hydrogen-bond donors (Lipinski definition) is 0. The fourth-order valence-electron chi connectivity index (χ4n) is 3.88. The van der Waals surface area contributed by atoms with Crippen molar-refractivity contribution in [3.63, 3.8) is 0 Å². The number of rotatable bonds is 5. The molecule has 5 rings (SSSR count). The summed E-state index contributed by atoms with van der Waals surface area (Å²) in [6.07, 6.45) is 2.07. The summed E-state index contributed by atoms with van der Waals surface area (Å²) < 4.78 is 1.63. The number of thioether (sulfide) groups is 1. The maximum absolute atomic E-state index is 13.5. The van der Waals surface area contributed by atoms with Crippen molar-refractivity contribution >= 4 is 39.2 Å². The maximum atomic E-state index is 13.5. The molecule has 0 saturated carbocycles. The molecule has 3 heterocycles. The smallest absolute Gasteiger partial charge is 0.267 e. The zero-order chi connectivity index (χ0) is 21.2. The Hall–Kier alpha value is -2.90. The van der Waals surface area contributed by atoms with Gasteiger partial charge in [0.2, 0.25) is 5.91 Å². The van der Waals surface area contributed by atoms with Gasteiger partial charge < -0.3 is 4.90 Å². The molecule has 2 aromatic heterocycles. The largest absolute Gasteiger partial charge is 0.341 e. The Morgan fingerprint density at radius 2 is 1.65 bits per heavy atom. The van der Waals surface area contributed by atoms with Crippen molar-refractivity contribution in [3.8, 4) is 5.69 Å². The first-order valence-corrected chi connectivity index (χ1v) is 12.0. The molecule has 4 aromatic rings. The molecule has 31 heavy (non-hydrogen) atoms. The Bertz CT molecular complexity index is 1260. The highest BCUT2D eigenvalue weighted by molar-refractivity contribution is 8.00. The van der Waals surface area contributed by atoms with Crippen LogP contribution in [0.4, 0.5) is 0 Å². The number of carbonyl (C=O) groups excluding carboxylic acids is 1. The van der Waals surface area contributed by atoms with Crippen LogP contribution < -0.4 is 5.56 Å². The first-order chi connectivity index (χ1) is 15.2. The first kappa shape index (κ1) is 20.0. The van der Waals surface area contributed by atoms with Crippen LogP contribution >= 0.6 is 23.1 Å². The minimum atomic E-state index is -0.460. The zero-order valence-electron chi connectivity index (χ0n) is 16.8. The molecule has 5 nitrogen and oxygen atoms in total. The number of hydrogen-bond acceptors (Lipinski definition) is 5. The second-order valence-electron chi connectivity index (χ2n) is 7.45. The van der Waals surface area contributed by atoms with Crippen LogP contribution in [0.3, 0.4) is 0 Å². The summed E-state index contributed by atoms with van der Waals surface area (Å²) >= 11 is 2.80. The van der Waals surface area contributed by atoms with E-state index in [1.807, 2.05) is 77.0 Å². The fourth-order valence-corrected chi connectivity index (χ4v) is 5.88. The minimum Gasteiger partial charge on any atom is -0.341 e. The van der Waals surface area contributed by atoms with E-state index >= 15 is 0 Å². The predicted molar refractivity (Wildman–Crippen MR) is 126 cm³/mol. The highest BCUT2D eigenvalue weighted by Gasteiger charge is 2.30. The number of aromatic nitrogens is 2. The van der Waals surface area contributed by atoms with Crippen molar-refractivity contribution < 1.29 is 4.79 Å². The highest BCUT2D eigenvalue weighted by atomic mass is 32.2. The van der Waals surface area contributed by atoms with E-state index in [0.29, 0.717) is 15.4 Å². The quantitative estimate of drug-likeness (QED) is 0.322. The Morgan fingerprint density at radius 1 is 0.968 bits per heavy atom. The summed E-state index contributed by atoms with van der Waals surface area (Å²) in [5.41, 5.74) is 1.56. The number of para-hydroxylation sites is 1. The zero-order valence-corrected chi connectivity index (χ0v) is 18.4. The SMILES string of the molecule is O=C([C@@H](Sc1nc2sccc2c(=O)n1-c1ccccc1)c1ccccc1)N1CCCC1. The number of nitrogens with zero attached hydrogens (tertiary/aromatic N) is 3. The lowest BCUT2D eigenvalue weighted by molar-refractivity contribution is -0.129. The van der Waals surface area contributed by atoms with Crippen LogP contribution in [-0.2, 0) is 4.79 Å². The highest BCUT2D eigenvalue weighted by Crippen LogP contribution is 2.37. The van der Waals surface area contributed by atoms with Gasteiger partial charge >= 0.3 is 0 Å². The molecule has 1 fully saturated rings. The summed E-state index contributed by atoms with van der Waals surface area (Å²) in [6.45, 7) is 1.57. The van der Waals surface area contributed by atoms with E-state index in [1.165, 1.54) is 23.1 Å². The fraction of sp³-hybridized carbons (Fsp3) is 0.208. The molecule has 0 aliphatic carbocycles. The van der Waals surface area contributed by atoms with Gasteiger partial charge in [0.1, 0.15) is 10.1 Å². The Labute approximate surface area is 188 Å². The standard InChI is InChI=1S/C24H21N3O2S2/c28-22-19-13-16-30-21(19)25-24(27(22)18-11-5-2-6-12-18)31-20(17-9-3-1-4-10-17)23(29)26-14-7-8-15-26/h1-6,9-13,16,20H,7-8,14-15H2/t20-/m0/s1. The third-order valence-corrected chi connectivity index (χ3v) is 7.45. The lowest BCUT2D eigenvalue weighted by atomic mass is 10.1. The van der Waals surface area contributed by atoms with Gasteiger partial charge in [-0.3, -0.25) is 14.2 Å². The predicted octanol–water partition coefficient (Wildman–Crippen LogP) is 4.90. The Morgan fingerprint density at radius 3 is 2.35 bits per heavy atom. The molecule has 1 aliphatic heterocycles. The van der Waals surface area contributed by atoms with Crippen molar-refractivity contribution in [2.75, 3.05) is 13.1 Å². The number of carbonyl (C=O) groups is 1. The second kappa shape index (κ2) is 8.69. The normalized spacial score (nSPS) is 14.8. The molecule has 0 spiro atoms. The van der Waals surface area contributed by atoms with Gasteiger partial charge in [-0.05, 0) is 42.0 Å². The monoisotopic (exact) mass is 447 g/mol. The number of likely N-dealkylation sites (tertiary alicyclic amines) is 1. The number of amides is 1. The van der Waals surface area contributed by atoms with Gasteiger partial charge in [0, 0.05) is 13.1 Å². The Balaban J connectivity index is 1.64. The van der Waals surface area contributed by atoms with Crippen LogP contribution in [0.2, 0.25) is 0 Å². The number of benzene rings is 2. The summed E-state index contributed by atoms with van der Waals surface area (Å²) in [4.78, 5) is 34.3. The van der Waals surface area contributed by atoms with E-state index < -0.39 is 5.25 Å². The second-order valence-corrected chi connectivity index (χ2v) is 9.42. The molecule has 1 amide bonds. The van der Waals surface area contributed by atoms with E-state index in [4.69, 9.17) is 4.98 Å². The topological polar surface area (TPSA) is 55.2 Å². The first-order valence-electron chi connectivity index (χ1n) is 10.3. The van der Waals surface area contributed by atoms with E-state index in [1.54, 1.807) is 4.57 Å². The van der Waals surface area contributed by atoms with Gasteiger partial charge in [-0.2, -0.15) is 0 Å². The molecule has 0 unspecified atom stereocenters. The van der Waals surface area contributed by atoms with Crippen LogP contribution in [0.25, 0.3) is 15.9 Å². The van der Waals surface area contributed by atoms with Crippen molar-refractivity contribution in [2.45, 2.75) is 23.2 Å². The Kier molecular flexibility index (Phi) is 5.61. The summed E-state index contributed by atoms with van der Waals surface area (Å²) in [5.74, 6) is 0.0776. The van der Waals surface area contributed by atoms with Crippen LogP contribution in [-0.4, -0.2) is 33.4 Å². The van der Waals surface area contributed by atoms with Gasteiger partial charge in [-0.25, -0.2) is 4.98 Å². The molecular weight excluding hydrogens is 426 g/mol. The molecule has 0 radical (unpaired) electrons. The molecule has 1 aliphatic rings. The molecule has 1 saturated heterocycles. The third kappa shape index (κ3) is 3.91. The summed E-state index contributed by atoms with van der Waals surface area (Å²) in [6, 6.07) is 21.1. The van der Waals surface area contributed by atoms with Crippen molar-refractivity contribution in [1.29, 1.82) is 0 Å². The van der Waals surface area contributed by atoms with Crippen molar-refractivity contribution in [3.05, 3.63) is 88.0 Å². The van der Waals surface area contributed by atoms with E-state index in [9.17, 15) is 9.59 Å². The average molecular weight is 448 g/mol. The van der Waals surface area contributed by atoms with Gasteiger partial charge in [0.15, 0.2) is 5.16 Å². The maximum Gasteiger partial charge on any atom is 0.267 e. The molecule has 2 aromatic carbocycles. The lowest BCUT2D eigenvalue weighted by Gasteiger charge is -2.24. The third-order valence-electron chi connectivity index (χ3n) is 5.45. The van der Waals surface area contributed by atoms with Crippen LogP contribution in [0.5, 0.6) is 0 Å². The average Bonchev–Trinajstić information content (AvgIpc) is 3.51. The van der Waals surface area contributed by atoms with Crippen LogP contribution in [0, 0.1) is 0 Å². The summed E-state index contributed by atoms with van der Waals surface area (Å²) in [7, 11) is 0.